The fraction of sp³-hybridized carbons (Fsp3) is 0.667. The summed E-state index contributed by atoms with van der Waals surface area (Å²) in [5.41, 5.74) is 0. The molecule has 0 spiro atoms. The van der Waals surface area contributed by atoms with Gasteiger partial charge in [0.05, 0.1) is 6.61 Å². The maximum atomic E-state index is 10.6. The summed E-state index contributed by atoms with van der Waals surface area (Å²) in [6.07, 6.45) is 6.49. The van der Waals surface area contributed by atoms with Crippen LogP contribution in [0.4, 0.5) is 0 Å². The molecule has 0 aromatic rings. The molecule has 0 amide bonds. The van der Waals surface area contributed by atoms with Crippen molar-refractivity contribution >= 4 is 5.97 Å². The lowest BCUT2D eigenvalue weighted by Crippen LogP contribution is -2.40. The van der Waals surface area contributed by atoms with Gasteiger partial charge < -0.3 is 15.2 Å². The third-order valence-electron chi connectivity index (χ3n) is 1.52. The van der Waals surface area contributed by atoms with Crippen LogP contribution in [-0.2, 0) is 9.53 Å². The minimum absolute atomic E-state index is 0.172. The Hall–Kier alpha value is -1.05. The Morgan fingerprint density at radius 1 is 1.77 bits per heavy atom. The Bertz CT molecular complexity index is 186. The molecule has 0 aliphatic rings. The molecule has 0 aliphatic heterocycles. The Morgan fingerprint density at radius 2 is 2.46 bits per heavy atom. The number of unbranched alkanes of at least 4 members (excludes halogenated alkanes) is 1. The summed E-state index contributed by atoms with van der Waals surface area (Å²) in [4.78, 5) is 10.6. The molecule has 0 radical (unpaired) electrons. The van der Waals surface area contributed by atoms with Crippen molar-refractivity contribution in [1.82, 2.24) is 5.32 Å². The quantitative estimate of drug-likeness (QED) is 0.436. The topological polar surface area (TPSA) is 58.6 Å². The molecule has 1 atom stereocenters. The standard InChI is InChI=1S/C9H15NO3/c1-3-4-5-6-10-8(7-13-2)9(11)12/h1,8,10H,4-7H2,2H3,(H,11,12). The second-order valence-corrected chi connectivity index (χ2v) is 2.61. The molecule has 4 nitrogen and oxygen atoms in total. The summed E-state index contributed by atoms with van der Waals surface area (Å²) in [5.74, 6) is 1.58. The summed E-state index contributed by atoms with van der Waals surface area (Å²) in [7, 11) is 1.47. The highest BCUT2D eigenvalue weighted by Crippen LogP contribution is 1.88. The van der Waals surface area contributed by atoms with Crippen molar-refractivity contribution in [2.45, 2.75) is 18.9 Å². The van der Waals surface area contributed by atoms with Gasteiger partial charge in [-0.1, -0.05) is 0 Å². The molecule has 0 aromatic heterocycles. The molecule has 2 N–H and O–H groups in total. The van der Waals surface area contributed by atoms with E-state index in [1.54, 1.807) is 0 Å². The van der Waals surface area contributed by atoms with Gasteiger partial charge in [-0.05, 0) is 13.0 Å². The van der Waals surface area contributed by atoms with Gasteiger partial charge in [0.1, 0.15) is 6.04 Å². The SMILES string of the molecule is C#CCCCNC(COC)C(=O)O. The van der Waals surface area contributed by atoms with Crippen LogP contribution in [0.15, 0.2) is 0 Å². The lowest BCUT2D eigenvalue weighted by Gasteiger charge is -2.12. The number of carboxylic acids is 1. The number of nitrogens with one attached hydrogen (secondary N) is 1. The van der Waals surface area contributed by atoms with Crippen molar-refractivity contribution in [3.63, 3.8) is 0 Å². The van der Waals surface area contributed by atoms with Crippen LogP contribution in [0.5, 0.6) is 0 Å². The van der Waals surface area contributed by atoms with Crippen LogP contribution in [0.1, 0.15) is 12.8 Å². The second-order valence-electron chi connectivity index (χ2n) is 2.61. The zero-order chi connectivity index (χ0) is 10.1. The average molecular weight is 185 g/mol. The molecule has 0 fully saturated rings. The molecule has 74 valence electrons. The minimum Gasteiger partial charge on any atom is -0.480 e. The number of hydrogen-bond donors (Lipinski definition) is 2. The maximum Gasteiger partial charge on any atom is 0.323 e. The van der Waals surface area contributed by atoms with Crippen LogP contribution >= 0.6 is 0 Å². The fourth-order valence-electron chi connectivity index (χ4n) is 0.851. The summed E-state index contributed by atoms with van der Waals surface area (Å²) < 4.78 is 4.74. The van der Waals surface area contributed by atoms with Crippen molar-refractivity contribution in [2.24, 2.45) is 0 Å². The molecule has 0 heterocycles. The van der Waals surface area contributed by atoms with Gasteiger partial charge in [-0.3, -0.25) is 4.79 Å². The van der Waals surface area contributed by atoms with E-state index in [-0.39, 0.29) is 6.61 Å². The first-order valence-corrected chi connectivity index (χ1v) is 4.11. The van der Waals surface area contributed by atoms with E-state index < -0.39 is 12.0 Å². The Balaban J connectivity index is 3.58. The lowest BCUT2D eigenvalue weighted by atomic mass is 10.2. The van der Waals surface area contributed by atoms with Gasteiger partial charge in [0.25, 0.3) is 0 Å². The highest BCUT2D eigenvalue weighted by molar-refractivity contribution is 5.73. The fourth-order valence-corrected chi connectivity index (χ4v) is 0.851. The van der Waals surface area contributed by atoms with E-state index in [1.807, 2.05) is 0 Å². The normalized spacial score (nSPS) is 12.0. The van der Waals surface area contributed by atoms with E-state index in [9.17, 15) is 4.79 Å². The van der Waals surface area contributed by atoms with Gasteiger partial charge in [-0.25, -0.2) is 0 Å². The smallest absolute Gasteiger partial charge is 0.323 e. The van der Waals surface area contributed by atoms with Crippen LogP contribution in [-0.4, -0.2) is 37.4 Å². The van der Waals surface area contributed by atoms with Gasteiger partial charge >= 0.3 is 5.97 Å². The Labute approximate surface area is 78.3 Å². The van der Waals surface area contributed by atoms with Gasteiger partial charge in [-0.2, -0.15) is 0 Å². The molecular weight excluding hydrogens is 170 g/mol. The van der Waals surface area contributed by atoms with Crippen molar-refractivity contribution in [3.05, 3.63) is 0 Å². The van der Waals surface area contributed by atoms with Crippen LogP contribution in [0.25, 0.3) is 0 Å². The number of rotatable bonds is 7. The lowest BCUT2D eigenvalue weighted by molar-refractivity contribution is -0.140. The van der Waals surface area contributed by atoms with E-state index in [2.05, 4.69) is 11.2 Å². The molecule has 4 heteroatoms. The van der Waals surface area contributed by atoms with Gasteiger partial charge in [0.2, 0.25) is 0 Å². The molecule has 0 aromatic carbocycles. The van der Waals surface area contributed by atoms with E-state index in [0.29, 0.717) is 13.0 Å². The molecule has 0 bridgehead atoms. The number of methoxy groups -OCH3 is 1. The second kappa shape index (κ2) is 7.59. The monoisotopic (exact) mass is 185 g/mol. The molecule has 0 saturated heterocycles. The number of terminal acetylenes is 1. The van der Waals surface area contributed by atoms with Gasteiger partial charge in [-0.15, -0.1) is 12.3 Å². The number of carboxylic acid groups (broad SMARTS) is 1. The highest BCUT2D eigenvalue weighted by Gasteiger charge is 2.15. The molecule has 13 heavy (non-hydrogen) atoms. The maximum absolute atomic E-state index is 10.6. The summed E-state index contributed by atoms with van der Waals surface area (Å²) in [5, 5.41) is 11.5. The van der Waals surface area contributed by atoms with E-state index in [0.717, 1.165) is 6.42 Å². The van der Waals surface area contributed by atoms with Crippen LogP contribution in [0.2, 0.25) is 0 Å². The Morgan fingerprint density at radius 3 is 2.92 bits per heavy atom. The number of ether oxygens (including phenoxy) is 1. The number of hydrogen-bond acceptors (Lipinski definition) is 3. The predicted molar refractivity (Wildman–Crippen MR) is 49.4 cm³/mol. The third kappa shape index (κ3) is 6.14. The van der Waals surface area contributed by atoms with Crippen molar-refractivity contribution in [3.8, 4) is 12.3 Å². The van der Waals surface area contributed by atoms with Crippen LogP contribution in [0.3, 0.4) is 0 Å². The van der Waals surface area contributed by atoms with E-state index in [1.165, 1.54) is 7.11 Å². The van der Waals surface area contributed by atoms with Crippen molar-refractivity contribution in [2.75, 3.05) is 20.3 Å². The zero-order valence-electron chi connectivity index (χ0n) is 7.75. The molecular formula is C9H15NO3. The molecule has 0 aliphatic carbocycles. The summed E-state index contributed by atoms with van der Waals surface area (Å²) in [6, 6.07) is -0.636. The average Bonchev–Trinajstić information content (AvgIpc) is 2.10. The van der Waals surface area contributed by atoms with Crippen LogP contribution in [0, 0.1) is 12.3 Å². The summed E-state index contributed by atoms with van der Waals surface area (Å²) >= 11 is 0. The summed E-state index contributed by atoms with van der Waals surface area (Å²) in [6.45, 7) is 0.774. The number of aliphatic carboxylic acids is 1. The first kappa shape index (κ1) is 11.9. The van der Waals surface area contributed by atoms with E-state index >= 15 is 0 Å². The predicted octanol–water partition coefficient (Wildman–Crippen LogP) is 0.0890. The molecule has 0 saturated carbocycles. The number of carbonyl (C=O) groups is 1. The largest absolute Gasteiger partial charge is 0.480 e. The van der Waals surface area contributed by atoms with E-state index in [4.69, 9.17) is 16.3 Å². The highest BCUT2D eigenvalue weighted by atomic mass is 16.5. The zero-order valence-corrected chi connectivity index (χ0v) is 7.75. The van der Waals surface area contributed by atoms with Gasteiger partial charge in [0.15, 0.2) is 0 Å². The Kier molecular flexibility index (Phi) is 6.98. The van der Waals surface area contributed by atoms with Crippen molar-refractivity contribution in [1.29, 1.82) is 0 Å². The third-order valence-corrected chi connectivity index (χ3v) is 1.52. The first-order valence-electron chi connectivity index (χ1n) is 4.11. The van der Waals surface area contributed by atoms with Gasteiger partial charge in [0, 0.05) is 13.5 Å². The van der Waals surface area contributed by atoms with Crippen LogP contribution < -0.4 is 5.32 Å². The molecule has 1 unspecified atom stereocenters. The minimum atomic E-state index is -0.900. The molecule has 0 rings (SSSR count). The van der Waals surface area contributed by atoms with Crippen molar-refractivity contribution < 1.29 is 14.6 Å². The first-order chi connectivity index (χ1) is 6.22.